The van der Waals surface area contributed by atoms with Crippen molar-refractivity contribution in [2.45, 2.75) is 11.1 Å². The third-order valence-corrected chi connectivity index (χ3v) is 4.06. The van der Waals surface area contributed by atoms with Crippen molar-refractivity contribution in [3.8, 4) is 0 Å². The third-order valence-electron chi connectivity index (χ3n) is 2.26. The predicted molar refractivity (Wildman–Crippen MR) is 63.2 cm³/mol. The van der Waals surface area contributed by atoms with Crippen molar-refractivity contribution in [1.29, 1.82) is 5.41 Å². The lowest BCUT2D eigenvalue weighted by atomic mass is 10.2. The molecular formula is C10H12F3N3O2S. The zero-order valence-corrected chi connectivity index (χ0v) is 10.7. The van der Waals surface area contributed by atoms with Crippen LogP contribution in [0.15, 0.2) is 29.2 Å². The van der Waals surface area contributed by atoms with E-state index in [4.69, 9.17) is 11.1 Å². The van der Waals surface area contributed by atoms with E-state index in [1.165, 1.54) is 0 Å². The molecule has 0 spiro atoms. The molecule has 0 heterocycles. The molecule has 9 heteroatoms. The molecule has 3 N–H and O–H groups in total. The highest BCUT2D eigenvalue weighted by atomic mass is 32.2. The molecule has 0 atom stereocenters. The number of nitrogens with one attached hydrogen (secondary N) is 1. The molecule has 5 nitrogen and oxygen atoms in total. The summed E-state index contributed by atoms with van der Waals surface area (Å²) in [4.78, 5) is -0.494. The summed E-state index contributed by atoms with van der Waals surface area (Å²) in [5.41, 5.74) is 4.01. The van der Waals surface area contributed by atoms with Crippen LogP contribution in [0.4, 0.5) is 13.2 Å². The summed E-state index contributed by atoms with van der Waals surface area (Å²) in [5, 5.41) is 7.00. The standard InChI is InChI=1S/C10H12F3N3O2S/c1-16(6-9(14)15)19(17,18)8-4-2-3-7(5-8)10(11,12)13/h2-5H,6H2,1H3,(H3,14,15). The quantitative estimate of drug-likeness (QED) is 0.647. The molecule has 0 saturated carbocycles. The van der Waals surface area contributed by atoms with Crippen molar-refractivity contribution in [2.24, 2.45) is 5.73 Å². The van der Waals surface area contributed by atoms with Gasteiger partial charge in [0, 0.05) is 7.05 Å². The average Bonchev–Trinajstić information content (AvgIpc) is 2.27. The summed E-state index contributed by atoms with van der Waals surface area (Å²) in [6.45, 7) is -0.390. The molecule has 1 rings (SSSR count). The minimum absolute atomic E-state index is 0.390. The molecule has 0 radical (unpaired) electrons. The van der Waals surface area contributed by atoms with Gasteiger partial charge in [-0.3, -0.25) is 5.41 Å². The second-order valence-electron chi connectivity index (χ2n) is 3.81. The first-order chi connectivity index (χ1) is 8.55. The van der Waals surface area contributed by atoms with E-state index in [9.17, 15) is 21.6 Å². The summed E-state index contributed by atoms with van der Waals surface area (Å²) >= 11 is 0. The fraction of sp³-hybridized carbons (Fsp3) is 0.300. The monoisotopic (exact) mass is 295 g/mol. The Hall–Kier alpha value is -1.61. The number of rotatable bonds is 4. The molecule has 0 saturated heterocycles. The Morgan fingerprint density at radius 3 is 2.47 bits per heavy atom. The van der Waals surface area contributed by atoms with E-state index in [0.717, 1.165) is 25.2 Å². The maximum atomic E-state index is 12.5. The van der Waals surface area contributed by atoms with Gasteiger partial charge in [0.05, 0.1) is 17.0 Å². The second kappa shape index (κ2) is 5.17. The van der Waals surface area contributed by atoms with E-state index in [2.05, 4.69) is 0 Å². The Morgan fingerprint density at radius 1 is 1.42 bits per heavy atom. The molecule has 0 aliphatic heterocycles. The highest BCUT2D eigenvalue weighted by Gasteiger charge is 2.32. The molecule has 0 aromatic heterocycles. The van der Waals surface area contributed by atoms with E-state index in [1.54, 1.807) is 0 Å². The highest BCUT2D eigenvalue weighted by molar-refractivity contribution is 7.89. The molecule has 0 unspecified atom stereocenters. The van der Waals surface area contributed by atoms with Crippen LogP contribution in [-0.4, -0.2) is 32.2 Å². The van der Waals surface area contributed by atoms with Crippen LogP contribution in [0.5, 0.6) is 0 Å². The van der Waals surface area contributed by atoms with Gasteiger partial charge in [-0.25, -0.2) is 8.42 Å². The van der Waals surface area contributed by atoms with Crippen molar-refractivity contribution in [3.05, 3.63) is 29.8 Å². The van der Waals surface area contributed by atoms with Gasteiger partial charge in [-0.05, 0) is 18.2 Å². The van der Waals surface area contributed by atoms with Crippen molar-refractivity contribution in [2.75, 3.05) is 13.6 Å². The third kappa shape index (κ3) is 3.67. The van der Waals surface area contributed by atoms with Crippen LogP contribution in [-0.2, 0) is 16.2 Å². The summed E-state index contributed by atoms with van der Waals surface area (Å²) in [5.74, 6) is -0.405. The molecular weight excluding hydrogens is 283 g/mol. The fourth-order valence-electron chi connectivity index (χ4n) is 1.34. The molecule has 106 valence electrons. The maximum Gasteiger partial charge on any atom is 0.416 e. The number of halogens is 3. The Labute approximate surface area is 108 Å². The molecule has 0 aliphatic carbocycles. The SMILES string of the molecule is CN(CC(=N)N)S(=O)(=O)c1cccc(C(F)(F)F)c1. The minimum Gasteiger partial charge on any atom is -0.387 e. The number of likely N-dealkylation sites (N-methyl/N-ethyl adjacent to an activating group) is 1. The second-order valence-corrected chi connectivity index (χ2v) is 5.86. The lowest BCUT2D eigenvalue weighted by molar-refractivity contribution is -0.137. The van der Waals surface area contributed by atoms with Crippen LogP contribution < -0.4 is 5.73 Å². The minimum atomic E-state index is -4.62. The summed E-state index contributed by atoms with van der Waals surface area (Å²) in [6.07, 6.45) is -4.62. The summed E-state index contributed by atoms with van der Waals surface area (Å²) < 4.78 is 62.1. The molecule has 19 heavy (non-hydrogen) atoms. The lowest BCUT2D eigenvalue weighted by Gasteiger charge is -2.17. The van der Waals surface area contributed by atoms with Crippen LogP contribution in [0.3, 0.4) is 0 Å². The number of amidine groups is 1. The Bertz CT molecular complexity index is 584. The number of sulfonamides is 1. The topological polar surface area (TPSA) is 87.2 Å². The van der Waals surface area contributed by atoms with Gasteiger partial charge < -0.3 is 5.73 Å². The number of hydrogen-bond donors (Lipinski definition) is 2. The van der Waals surface area contributed by atoms with E-state index in [-0.39, 0.29) is 0 Å². The number of hydrogen-bond acceptors (Lipinski definition) is 3. The van der Waals surface area contributed by atoms with Crippen LogP contribution in [0.2, 0.25) is 0 Å². The van der Waals surface area contributed by atoms with Gasteiger partial charge >= 0.3 is 6.18 Å². The van der Waals surface area contributed by atoms with Crippen molar-refractivity contribution >= 4 is 15.9 Å². The first-order valence-corrected chi connectivity index (χ1v) is 6.45. The van der Waals surface area contributed by atoms with E-state index in [0.29, 0.717) is 10.4 Å². The summed E-state index contributed by atoms with van der Waals surface area (Å²) in [7, 11) is -2.97. The van der Waals surface area contributed by atoms with Gasteiger partial charge in [0.1, 0.15) is 5.84 Å². The van der Waals surface area contributed by atoms with Gasteiger partial charge in [-0.2, -0.15) is 17.5 Å². The molecule has 0 aliphatic rings. The van der Waals surface area contributed by atoms with Crippen molar-refractivity contribution in [1.82, 2.24) is 4.31 Å². The van der Waals surface area contributed by atoms with Gasteiger partial charge in [0.15, 0.2) is 0 Å². The Morgan fingerprint density at radius 2 is 2.00 bits per heavy atom. The first-order valence-electron chi connectivity index (χ1n) is 5.01. The van der Waals surface area contributed by atoms with Crippen molar-refractivity contribution < 1.29 is 21.6 Å². The molecule has 1 aromatic rings. The van der Waals surface area contributed by atoms with E-state index >= 15 is 0 Å². The first kappa shape index (κ1) is 15.4. The number of benzene rings is 1. The van der Waals surface area contributed by atoms with Gasteiger partial charge in [0.2, 0.25) is 10.0 Å². The van der Waals surface area contributed by atoms with Crippen LogP contribution >= 0.6 is 0 Å². The highest BCUT2D eigenvalue weighted by Crippen LogP contribution is 2.30. The smallest absolute Gasteiger partial charge is 0.387 e. The number of nitrogens with zero attached hydrogens (tertiary/aromatic N) is 1. The van der Waals surface area contributed by atoms with E-state index in [1.807, 2.05) is 0 Å². The summed E-state index contributed by atoms with van der Waals surface area (Å²) in [6, 6.07) is 3.40. The normalized spacial score (nSPS) is 12.7. The molecule has 0 bridgehead atoms. The van der Waals surface area contributed by atoms with Crippen LogP contribution in [0.1, 0.15) is 5.56 Å². The van der Waals surface area contributed by atoms with Gasteiger partial charge in [0.25, 0.3) is 0 Å². The average molecular weight is 295 g/mol. The zero-order valence-electron chi connectivity index (χ0n) is 9.90. The van der Waals surface area contributed by atoms with E-state index < -0.39 is 39.0 Å². The van der Waals surface area contributed by atoms with Crippen molar-refractivity contribution in [3.63, 3.8) is 0 Å². The zero-order chi connectivity index (χ0) is 14.8. The number of alkyl halides is 3. The fourth-order valence-corrected chi connectivity index (χ4v) is 2.53. The largest absolute Gasteiger partial charge is 0.416 e. The predicted octanol–water partition coefficient (Wildman–Crippen LogP) is 1.26. The van der Waals surface area contributed by atoms with Gasteiger partial charge in [-0.1, -0.05) is 6.07 Å². The number of nitrogens with two attached hydrogens (primary N) is 1. The lowest BCUT2D eigenvalue weighted by Crippen LogP contribution is -2.35. The van der Waals surface area contributed by atoms with Gasteiger partial charge in [-0.15, -0.1) is 0 Å². The molecule has 0 amide bonds. The maximum absolute atomic E-state index is 12.5. The van der Waals surface area contributed by atoms with Crippen LogP contribution in [0.25, 0.3) is 0 Å². The van der Waals surface area contributed by atoms with Crippen LogP contribution in [0, 0.1) is 5.41 Å². The molecule has 0 fully saturated rings. The Kier molecular flexibility index (Phi) is 4.21. The Balaban J connectivity index is 3.19. The molecule has 1 aromatic carbocycles.